The van der Waals surface area contributed by atoms with E-state index in [1.54, 1.807) is 4.57 Å². The van der Waals surface area contributed by atoms with Crippen LogP contribution in [0.2, 0.25) is 5.02 Å². The molecule has 28 heavy (non-hydrogen) atoms. The van der Waals surface area contributed by atoms with Crippen molar-refractivity contribution in [2.45, 2.75) is 44.9 Å². The molecule has 152 valence electrons. The second-order valence-electron chi connectivity index (χ2n) is 6.16. The number of aromatic nitrogens is 2. The van der Waals surface area contributed by atoms with Crippen molar-refractivity contribution < 1.29 is 27.6 Å². The molecule has 2 atom stereocenters. The van der Waals surface area contributed by atoms with Gasteiger partial charge in [-0.3, -0.25) is 4.57 Å². The number of halogens is 4. The van der Waals surface area contributed by atoms with Crippen molar-refractivity contribution in [3.05, 3.63) is 45.1 Å². The Morgan fingerprint density at radius 1 is 1.50 bits per heavy atom. The number of hydrogen-bond acceptors (Lipinski definition) is 6. The van der Waals surface area contributed by atoms with Gasteiger partial charge in [-0.05, 0) is 29.0 Å². The van der Waals surface area contributed by atoms with Gasteiger partial charge >= 0.3 is 18.2 Å². The lowest BCUT2D eigenvalue weighted by atomic mass is 10.1. The minimum Gasteiger partial charge on any atom is -0.441 e. The normalized spacial score (nSPS) is 19.0. The predicted molar refractivity (Wildman–Crippen MR) is 92.4 cm³/mol. The molecule has 3 rings (SSSR count). The van der Waals surface area contributed by atoms with Gasteiger partial charge in [-0.2, -0.15) is 0 Å². The standard InChI is InChI=1S/C16H16ClF3N4O4/c1-2-12-11(7-23-8-14(24(25)26)22-15(23)27-12)21-6-9-3-4-13(10(17)5-9)28-16(18,19)20/h3-5,8,11-12,21H,2,6-7H2,1H3/t11-,12?/m0/s1. The van der Waals surface area contributed by atoms with E-state index in [9.17, 15) is 23.3 Å². The average Bonchev–Trinajstić information content (AvgIpc) is 3.03. The molecule has 0 aliphatic carbocycles. The van der Waals surface area contributed by atoms with Crippen LogP contribution in [-0.2, 0) is 13.1 Å². The van der Waals surface area contributed by atoms with E-state index >= 15 is 0 Å². The summed E-state index contributed by atoms with van der Waals surface area (Å²) in [4.78, 5) is 14.1. The molecule has 0 saturated carbocycles. The van der Waals surface area contributed by atoms with Crippen molar-refractivity contribution in [2.24, 2.45) is 0 Å². The summed E-state index contributed by atoms with van der Waals surface area (Å²) in [6.45, 7) is 2.62. The van der Waals surface area contributed by atoms with Crippen LogP contribution in [-0.4, -0.2) is 33.0 Å². The molecular formula is C16H16ClF3N4O4. The first kappa shape index (κ1) is 20.2. The molecule has 0 amide bonds. The number of nitrogens with zero attached hydrogens (tertiary/aromatic N) is 3. The third-order valence-corrected chi connectivity index (χ3v) is 4.50. The molecule has 0 fully saturated rings. The Morgan fingerprint density at radius 3 is 2.86 bits per heavy atom. The van der Waals surface area contributed by atoms with E-state index in [0.717, 1.165) is 6.07 Å². The third kappa shape index (κ3) is 4.65. The molecule has 2 aromatic rings. The molecule has 1 aromatic carbocycles. The molecule has 1 N–H and O–H groups in total. The van der Waals surface area contributed by atoms with Crippen molar-refractivity contribution in [1.82, 2.24) is 14.9 Å². The van der Waals surface area contributed by atoms with Crippen molar-refractivity contribution in [3.63, 3.8) is 0 Å². The Bertz CT molecular complexity index is 874. The summed E-state index contributed by atoms with van der Waals surface area (Å²) < 4.78 is 48.0. The molecule has 0 radical (unpaired) electrons. The van der Waals surface area contributed by atoms with E-state index in [0.29, 0.717) is 25.1 Å². The summed E-state index contributed by atoms with van der Waals surface area (Å²) in [6, 6.07) is 4.01. The molecule has 1 unspecified atom stereocenters. The number of nitro groups is 1. The zero-order valence-corrected chi connectivity index (χ0v) is 15.3. The van der Waals surface area contributed by atoms with Crippen LogP contribution in [0, 0.1) is 10.1 Å². The van der Waals surface area contributed by atoms with E-state index in [1.807, 2.05) is 6.92 Å². The average molecular weight is 421 g/mol. The van der Waals surface area contributed by atoms with Crippen LogP contribution in [0.4, 0.5) is 19.0 Å². The largest absolute Gasteiger partial charge is 0.573 e. The number of alkyl halides is 3. The van der Waals surface area contributed by atoms with Crippen molar-refractivity contribution in [1.29, 1.82) is 0 Å². The summed E-state index contributed by atoms with van der Waals surface area (Å²) in [5.41, 5.74) is 0.650. The molecule has 0 bridgehead atoms. The smallest absolute Gasteiger partial charge is 0.441 e. The van der Waals surface area contributed by atoms with Gasteiger partial charge in [0, 0.05) is 18.1 Å². The first-order chi connectivity index (χ1) is 13.2. The van der Waals surface area contributed by atoms with Gasteiger partial charge in [0.25, 0.3) is 0 Å². The Kier molecular flexibility index (Phi) is 5.66. The first-order valence-electron chi connectivity index (χ1n) is 8.32. The van der Waals surface area contributed by atoms with E-state index in [4.69, 9.17) is 16.3 Å². The Balaban J connectivity index is 1.67. The second-order valence-corrected chi connectivity index (χ2v) is 6.56. The fourth-order valence-electron chi connectivity index (χ4n) is 2.92. The number of ether oxygens (including phenoxy) is 2. The van der Waals surface area contributed by atoms with Gasteiger partial charge in [0.2, 0.25) is 0 Å². The van der Waals surface area contributed by atoms with Gasteiger partial charge < -0.3 is 24.9 Å². The van der Waals surface area contributed by atoms with E-state index < -0.39 is 17.0 Å². The number of rotatable bonds is 6. The zero-order chi connectivity index (χ0) is 20.5. The number of imidazole rings is 1. The Labute approximate surface area is 162 Å². The summed E-state index contributed by atoms with van der Waals surface area (Å²) in [5, 5.41) is 14.0. The summed E-state index contributed by atoms with van der Waals surface area (Å²) in [5.74, 6) is -0.766. The fourth-order valence-corrected chi connectivity index (χ4v) is 3.16. The van der Waals surface area contributed by atoms with Crippen molar-refractivity contribution >= 4 is 17.4 Å². The Morgan fingerprint density at radius 2 is 2.25 bits per heavy atom. The number of fused-ring (bicyclic) bond motifs is 1. The van der Waals surface area contributed by atoms with Gasteiger partial charge in [-0.15, -0.1) is 13.2 Å². The molecule has 0 spiro atoms. The molecule has 2 heterocycles. The third-order valence-electron chi connectivity index (χ3n) is 4.21. The molecule has 1 aliphatic rings. The van der Waals surface area contributed by atoms with Gasteiger partial charge in [-0.1, -0.05) is 24.6 Å². The topological polar surface area (TPSA) is 91.5 Å². The number of hydrogen-bond donors (Lipinski definition) is 1. The number of benzene rings is 1. The maximum atomic E-state index is 12.3. The van der Waals surface area contributed by atoms with Gasteiger partial charge in [0.05, 0.1) is 11.1 Å². The van der Waals surface area contributed by atoms with Crippen LogP contribution < -0.4 is 14.8 Å². The van der Waals surface area contributed by atoms with Crippen LogP contribution in [0.15, 0.2) is 24.4 Å². The number of nitrogens with one attached hydrogen (secondary N) is 1. The van der Waals surface area contributed by atoms with Crippen LogP contribution in [0.3, 0.4) is 0 Å². The van der Waals surface area contributed by atoms with Gasteiger partial charge in [0.1, 0.15) is 18.1 Å². The summed E-state index contributed by atoms with van der Waals surface area (Å²) in [6.07, 6.45) is -3.15. The quantitative estimate of drug-likeness (QED) is 0.566. The lowest BCUT2D eigenvalue weighted by molar-refractivity contribution is -0.389. The second kappa shape index (κ2) is 7.84. The Hall–Kier alpha value is -2.53. The van der Waals surface area contributed by atoms with Crippen LogP contribution in [0.5, 0.6) is 11.8 Å². The summed E-state index contributed by atoms with van der Waals surface area (Å²) in [7, 11) is 0. The predicted octanol–water partition coefficient (Wildman–Crippen LogP) is 3.67. The van der Waals surface area contributed by atoms with Crippen LogP contribution >= 0.6 is 11.6 Å². The molecular weight excluding hydrogens is 405 g/mol. The van der Waals surface area contributed by atoms with Crippen LogP contribution in [0.25, 0.3) is 0 Å². The zero-order valence-electron chi connectivity index (χ0n) is 14.6. The van der Waals surface area contributed by atoms with Gasteiger partial charge in [0.15, 0.2) is 0 Å². The van der Waals surface area contributed by atoms with Crippen molar-refractivity contribution in [2.75, 3.05) is 0 Å². The molecule has 1 aliphatic heterocycles. The minimum absolute atomic E-state index is 0.156. The SMILES string of the molecule is CCC1Oc2nc([N+](=O)[O-])cn2C[C@@H]1NCc1ccc(OC(F)(F)F)c(Cl)c1. The van der Waals surface area contributed by atoms with Gasteiger partial charge in [-0.25, -0.2) is 0 Å². The molecule has 8 nitrogen and oxygen atoms in total. The maximum Gasteiger partial charge on any atom is 0.573 e. The maximum absolute atomic E-state index is 12.3. The lowest BCUT2D eigenvalue weighted by Gasteiger charge is -2.31. The lowest BCUT2D eigenvalue weighted by Crippen LogP contribution is -2.48. The van der Waals surface area contributed by atoms with E-state index in [1.165, 1.54) is 18.3 Å². The van der Waals surface area contributed by atoms with E-state index in [-0.39, 0.29) is 29.0 Å². The first-order valence-corrected chi connectivity index (χ1v) is 8.70. The minimum atomic E-state index is -4.82. The van der Waals surface area contributed by atoms with Crippen molar-refractivity contribution in [3.8, 4) is 11.8 Å². The molecule has 1 aromatic heterocycles. The highest BCUT2D eigenvalue weighted by Crippen LogP contribution is 2.31. The highest BCUT2D eigenvalue weighted by atomic mass is 35.5. The summed E-state index contributed by atoms with van der Waals surface area (Å²) >= 11 is 5.86. The monoisotopic (exact) mass is 420 g/mol. The highest BCUT2D eigenvalue weighted by molar-refractivity contribution is 6.32. The molecule has 12 heteroatoms. The van der Waals surface area contributed by atoms with E-state index in [2.05, 4.69) is 15.0 Å². The molecule has 0 saturated heterocycles. The fraction of sp³-hybridized carbons (Fsp3) is 0.438. The van der Waals surface area contributed by atoms with Crippen LogP contribution in [0.1, 0.15) is 18.9 Å². The highest BCUT2D eigenvalue weighted by Gasteiger charge is 2.34.